The quantitative estimate of drug-likeness (QED) is 0.262. The van der Waals surface area contributed by atoms with Crippen molar-refractivity contribution in [3.05, 3.63) is 7.05 Å². The van der Waals surface area contributed by atoms with Crippen LogP contribution in [0.2, 0.25) is 0 Å². The maximum atomic E-state index is 11.9. The first-order chi connectivity index (χ1) is 11.1. The maximum absolute atomic E-state index is 11.9. The van der Waals surface area contributed by atoms with Crippen molar-refractivity contribution < 1.29 is 14.4 Å². The highest BCUT2D eigenvalue weighted by atomic mass is 16.5. The lowest BCUT2D eigenvalue weighted by Gasteiger charge is -2.17. The van der Waals surface area contributed by atoms with E-state index in [4.69, 9.17) is 4.74 Å². The van der Waals surface area contributed by atoms with Crippen molar-refractivity contribution in [2.45, 2.75) is 90.9 Å². The van der Waals surface area contributed by atoms with Crippen molar-refractivity contribution in [3.8, 4) is 0 Å². The first-order valence-corrected chi connectivity index (χ1v) is 9.90. The summed E-state index contributed by atoms with van der Waals surface area (Å²) in [5, 5.41) is 0. The Morgan fingerprint density at radius 3 is 2.26 bits per heavy atom. The Morgan fingerprint density at radius 2 is 1.61 bits per heavy atom. The van der Waals surface area contributed by atoms with Crippen molar-refractivity contribution in [1.29, 1.82) is 0 Å². The Morgan fingerprint density at radius 1 is 0.957 bits per heavy atom. The molecule has 2 atom stereocenters. The van der Waals surface area contributed by atoms with Gasteiger partial charge >= 0.3 is 5.97 Å². The molecule has 0 saturated carbocycles. The summed E-state index contributed by atoms with van der Waals surface area (Å²) in [6.45, 7) is 6.18. The first-order valence-electron chi connectivity index (χ1n) is 9.90. The highest BCUT2D eigenvalue weighted by Gasteiger charge is 2.11. The van der Waals surface area contributed by atoms with E-state index in [1.165, 1.54) is 56.3 Å². The molecule has 0 radical (unpaired) electrons. The Bertz CT molecular complexity index is 266. The second-order valence-electron chi connectivity index (χ2n) is 7.06. The summed E-state index contributed by atoms with van der Waals surface area (Å²) in [5.41, 5.74) is 0. The number of ether oxygens (including phenoxy) is 1. The maximum Gasteiger partial charge on any atom is 0.305 e. The number of hydrogen-bond donors (Lipinski definition) is 1. The number of quaternary nitrogens is 1. The summed E-state index contributed by atoms with van der Waals surface area (Å²) < 4.78 is 5.53. The molecule has 1 N–H and O–H groups in total. The Hall–Kier alpha value is -0.570. The number of rotatable bonds is 16. The van der Waals surface area contributed by atoms with Crippen LogP contribution in [-0.2, 0) is 9.53 Å². The fourth-order valence-electron chi connectivity index (χ4n) is 2.82. The molecule has 3 heteroatoms. The molecule has 0 aliphatic heterocycles. The van der Waals surface area contributed by atoms with Gasteiger partial charge in [-0.15, -0.1) is 0 Å². The molecular weight excluding hydrogens is 286 g/mol. The molecule has 0 aliphatic rings. The molecule has 0 aliphatic carbocycles. The molecule has 2 unspecified atom stereocenters. The lowest BCUT2D eigenvalue weighted by Crippen LogP contribution is -3.03. The summed E-state index contributed by atoms with van der Waals surface area (Å²) in [6.07, 6.45) is 13.8. The zero-order valence-electron chi connectivity index (χ0n) is 16.0. The van der Waals surface area contributed by atoms with Gasteiger partial charge in [0.15, 0.2) is 0 Å². The van der Waals surface area contributed by atoms with E-state index < -0.39 is 0 Å². The molecule has 138 valence electrons. The van der Waals surface area contributed by atoms with Gasteiger partial charge in [0.25, 0.3) is 0 Å². The number of carbonyl (C=O) groups excluding carboxylic acids is 1. The monoisotopic (exact) mass is 327 g/mol. The van der Waals surface area contributed by atoms with E-state index in [0.29, 0.717) is 18.9 Å². The molecule has 3 nitrogen and oxygen atoms in total. The lowest BCUT2D eigenvalue weighted by atomic mass is 9.96. The van der Waals surface area contributed by atoms with Crippen molar-refractivity contribution in [2.24, 2.45) is 5.92 Å². The fourth-order valence-corrected chi connectivity index (χ4v) is 2.82. The van der Waals surface area contributed by atoms with Crippen LogP contribution in [0.3, 0.4) is 0 Å². The van der Waals surface area contributed by atoms with Crippen LogP contribution >= 0.6 is 0 Å². The summed E-state index contributed by atoms with van der Waals surface area (Å²) in [6, 6.07) is 0. The molecule has 0 heterocycles. The molecule has 23 heavy (non-hydrogen) atoms. The van der Waals surface area contributed by atoms with E-state index >= 15 is 0 Å². The lowest BCUT2D eigenvalue weighted by molar-refractivity contribution is -0.831. The van der Waals surface area contributed by atoms with Crippen LogP contribution in [0.4, 0.5) is 0 Å². The van der Waals surface area contributed by atoms with Crippen LogP contribution in [0.25, 0.3) is 0 Å². The van der Waals surface area contributed by atoms with Crippen molar-refractivity contribution in [1.82, 2.24) is 0 Å². The molecule has 0 amide bonds. The Labute approximate surface area is 145 Å². The van der Waals surface area contributed by atoms with Crippen molar-refractivity contribution in [3.63, 3.8) is 0 Å². The minimum Gasteiger partial charge on any atom is -0.470 e. The highest BCUT2D eigenvalue weighted by molar-refractivity contribution is 5.69. The average molecular weight is 328 g/mol. The molecule has 0 aromatic heterocycles. The summed E-state index contributed by atoms with van der Waals surface area (Å²) in [4.78, 5) is 13.1. The van der Waals surface area contributed by atoms with Gasteiger partial charge in [-0.1, -0.05) is 52.4 Å². The average Bonchev–Trinajstić information content (AvgIpc) is 2.52. The number of carbonyl (C=O) groups is 1. The molecule has 0 saturated heterocycles. The van der Waals surface area contributed by atoms with Gasteiger partial charge < -0.3 is 9.64 Å². The van der Waals surface area contributed by atoms with Gasteiger partial charge in [0.2, 0.25) is 0 Å². The summed E-state index contributed by atoms with van der Waals surface area (Å²) in [7, 11) is 5.97. The van der Waals surface area contributed by atoms with Gasteiger partial charge in [0, 0.05) is 13.5 Å². The van der Waals surface area contributed by atoms with Crippen LogP contribution < -0.4 is 4.90 Å². The second-order valence-corrected chi connectivity index (χ2v) is 7.06. The third kappa shape index (κ3) is 16.1. The summed E-state index contributed by atoms with van der Waals surface area (Å²) >= 11 is 0. The molecular formula is C20H41NO2. The number of unbranched alkanes of at least 4 members (excludes halogenated alkanes) is 6. The van der Waals surface area contributed by atoms with Crippen LogP contribution in [-0.4, -0.2) is 26.2 Å². The Kier molecular flexibility index (Phi) is 15.9. The van der Waals surface area contributed by atoms with Crippen molar-refractivity contribution >= 4 is 5.97 Å². The van der Waals surface area contributed by atoms with Gasteiger partial charge in [-0.05, 0) is 38.0 Å². The Balaban J connectivity index is 3.77. The predicted octanol–water partition coefficient (Wildman–Crippen LogP) is 4.17. The van der Waals surface area contributed by atoms with E-state index in [1.54, 1.807) is 0 Å². The van der Waals surface area contributed by atoms with Crippen LogP contribution in [0.5, 0.6) is 0 Å². The van der Waals surface area contributed by atoms with Crippen LogP contribution in [0, 0.1) is 13.0 Å². The van der Waals surface area contributed by atoms with Crippen LogP contribution in [0.15, 0.2) is 0 Å². The van der Waals surface area contributed by atoms with E-state index in [1.807, 2.05) is 0 Å². The zero-order valence-corrected chi connectivity index (χ0v) is 16.0. The fraction of sp³-hybridized carbons (Fsp3) is 0.900. The van der Waals surface area contributed by atoms with Gasteiger partial charge in [-0.2, -0.15) is 7.05 Å². The van der Waals surface area contributed by atoms with Gasteiger partial charge in [0.1, 0.15) is 0 Å². The first kappa shape index (κ1) is 22.4. The number of hydrogen-bond acceptors (Lipinski definition) is 2. The van der Waals surface area contributed by atoms with E-state index in [9.17, 15) is 4.79 Å². The molecule has 0 spiro atoms. The van der Waals surface area contributed by atoms with E-state index in [2.05, 4.69) is 27.9 Å². The third-order valence-corrected chi connectivity index (χ3v) is 4.40. The zero-order chi connectivity index (χ0) is 17.3. The topological polar surface area (TPSA) is 30.7 Å². The minimum atomic E-state index is -0.00428. The van der Waals surface area contributed by atoms with Gasteiger partial charge in [0.05, 0.1) is 13.2 Å². The summed E-state index contributed by atoms with van der Waals surface area (Å²) in [5.74, 6) is 0.564. The second kappa shape index (κ2) is 16.3. The largest absolute Gasteiger partial charge is 0.470 e. The molecule has 0 rings (SSSR count). The molecule has 0 fully saturated rings. The van der Waals surface area contributed by atoms with E-state index in [0.717, 1.165) is 25.8 Å². The molecule has 0 aromatic rings. The van der Waals surface area contributed by atoms with Crippen LogP contribution in [0.1, 0.15) is 90.9 Å². The molecule has 0 aromatic carbocycles. The SMILES string of the molecule is [CH2-][NH+](C)CCCCCC(=O)OCC(CCCC)CCCCCC. The normalized spacial score (nSPS) is 13.7. The smallest absolute Gasteiger partial charge is 0.305 e. The molecule has 0 bridgehead atoms. The number of nitrogens with one attached hydrogen (secondary N) is 1. The number of esters is 1. The highest BCUT2D eigenvalue weighted by Crippen LogP contribution is 2.18. The van der Waals surface area contributed by atoms with Crippen molar-refractivity contribution in [2.75, 3.05) is 20.2 Å². The van der Waals surface area contributed by atoms with Gasteiger partial charge in [-0.25, -0.2) is 0 Å². The third-order valence-electron chi connectivity index (χ3n) is 4.40. The van der Waals surface area contributed by atoms with E-state index in [-0.39, 0.29) is 5.97 Å². The predicted molar refractivity (Wildman–Crippen MR) is 98.3 cm³/mol. The standard InChI is InChI=1S/C20H41NO2/c1-5-7-9-11-15-19(14-8-6-2)18-23-20(22)16-12-10-13-17-21(3)4/h19,21H,3,5-18H2,1-2,4H3. The van der Waals surface area contributed by atoms with Gasteiger partial charge in [-0.3, -0.25) is 4.79 Å². The minimum absolute atomic E-state index is 0.00428.